The number of phenolic OH excluding ortho intramolecular Hbond substituents is 1. The molecule has 28 heavy (non-hydrogen) atoms. The molecule has 0 bridgehead atoms. The Morgan fingerprint density at radius 1 is 1.04 bits per heavy atom. The first kappa shape index (κ1) is 23.0. The highest BCUT2D eigenvalue weighted by molar-refractivity contribution is 5.89. The van der Waals surface area contributed by atoms with Crippen LogP contribution in [0, 0.1) is 5.41 Å². The summed E-state index contributed by atoms with van der Waals surface area (Å²) in [5.41, 5.74) is 0.995. The molecule has 0 aliphatic carbocycles. The number of nitrogens with one attached hydrogen (secondary N) is 1. The zero-order chi connectivity index (χ0) is 19.9. The van der Waals surface area contributed by atoms with Gasteiger partial charge in [0.25, 0.3) is 0 Å². The number of amides is 1. The number of carbonyl (C=O) groups excluding carboxylic acids is 2. The van der Waals surface area contributed by atoms with E-state index in [0.717, 1.165) is 5.56 Å². The zero-order valence-corrected chi connectivity index (χ0v) is 16.3. The summed E-state index contributed by atoms with van der Waals surface area (Å²) < 4.78 is 10.4. The maximum atomic E-state index is 12.1. The van der Waals surface area contributed by atoms with Crippen molar-refractivity contribution in [1.82, 2.24) is 0 Å². The van der Waals surface area contributed by atoms with Gasteiger partial charge in [-0.3, -0.25) is 10.1 Å². The molecule has 7 nitrogen and oxygen atoms in total. The number of phenols is 1. The molecular weight excluding hydrogens is 362 g/mol. The van der Waals surface area contributed by atoms with Crippen molar-refractivity contribution in [2.75, 3.05) is 5.32 Å². The van der Waals surface area contributed by atoms with Gasteiger partial charge in [-0.25, -0.2) is 4.79 Å². The van der Waals surface area contributed by atoms with E-state index in [0.29, 0.717) is 6.42 Å². The molecule has 0 aromatic heterocycles. The number of anilines is 1. The molecule has 2 rings (SSSR count). The van der Waals surface area contributed by atoms with Gasteiger partial charge in [-0.05, 0) is 29.5 Å². The van der Waals surface area contributed by atoms with Crippen LogP contribution in [0.4, 0.5) is 10.5 Å². The lowest BCUT2D eigenvalue weighted by Crippen LogP contribution is -2.17. The number of hydrogen-bond acceptors (Lipinski definition) is 5. The minimum atomic E-state index is -0.712. The fraction of sp³-hybridized carbons (Fsp3) is 0.333. The molecule has 0 atom stereocenters. The van der Waals surface area contributed by atoms with Crippen molar-refractivity contribution >= 4 is 17.7 Å². The van der Waals surface area contributed by atoms with E-state index in [1.165, 1.54) is 18.2 Å². The van der Waals surface area contributed by atoms with Crippen LogP contribution in [0.5, 0.6) is 11.5 Å². The van der Waals surface area contributed by atoms with Crippen LogP contribution in [0.3, 0.4) is 0 Å². The van der Waals surface area contributed by atoms with Gasteiger partial charge in [-0.2, -0.15) is 0 Å². The third kappa shape index (κ3) is 7.67. The molecular formula is C21H27NO6. The third-order valence-electron chi connectivity index (χ3n) is 3.74. The van der Waals surface area contributed by atoms with Crippen LogP contribution in [-0.4, -0.2) is 22.6 Å². The Balaban J connectivity index is 0.00000392. The Bertz CT molecular complexity index is 783. The van der Waals surface area contributed by atoms with E-state index in [-0.39, 0.29) is 41.1 Å². The maximum Gasteiger partial charge on any atom is 0.412 e. The molecule has 0 aliphatic heterocycles. The molecule has 4 N–H and O–H groups in total. The summed E-state index contributed by atoms with van der Waals surface area (Å²) in [7, 11) is 0. The number of aromatic hydroxyl groups is 1. The summed E-state index contributed by atoms with van der Waals surface area (Å²) in [4.78, 5) is 24.1. The lowest BCUT2D eigenvalue weighted by atomic mass is 9.91. The quantitative estimate of drug-likeness (QED) is 0.571. The molecule has 0 unspecified atom stereocenters. The zero-order valence-electron chi connectivity index (χ0n) is 16.3. The molecule has 0 heterocycles. The van der Waals surface area contributed by atoms with Gasteiger partial charge < -0.3 is 20.1 Å². The number of carbonyl (C=O) groups is 2. The Morgan fingerprint density at radius 3 is 2.36 bits per heavy atom. The lowest BCUT2D eigenvalue weighted by Gasteiger charge is -2.17. The minimum Gasteiger partial charge on any atom is -0.504 e. The number of para-hydroxylation sites is 1. The average Bonchev–Trinajstić information content (AvgIpc) is 2.61. The second-order valence-corrected chi connectivity index (χ2v) is 7.38. The fourth-order valence-electron chi connectivity index (χ4n) is 2.24. The SMILES string of the molecule is CC(C)(C)CCC(=O)Oc1c(O)cccc1NC(=O)OCc1ccccc1.O. The predicted octanol–water partition coefficient (Wildman–Crippen LogP) is 4.05. The fourth-order valence-corrected chi connectivity index (χ4v) is 2.24. The van der Waals surface area contributed by atoms with E-state index < -0.39 is 12.1 Å². The number of esters is 1. The number of ether oxygens (including phenoxy) is 2. The van der Waals surface area contributed by atoms with Crippen molar-refractivity contribution in [3.8, 4) is 11.5 Å². The van der Waals surface area contributed by atoms with Gasteiger partial charge in [0.05, 0.1) is 5.69 Å². The van der Waals surface area contributed by atoms with Gasteiger partial charge in [-0.15, -0.1) is 0 Å². The first-order valence-electron chi connectivity index (χ1n) is 8.75. The Labute approximate surface area is 164 Å². The Hall–Kier alpha value is -3.06. The summed E-state index contributed by atoms with van der Waals surface area (Å²) in [6.07, 6.45) is 0.133. The number of hydrogen-bond donors (Lipinski definition) is 2. The van der Waals surface area contributed by atoms with Crippen LogP contribution < -0.4 is 10.1 Å². The van der Waals surface area contributed by atoms with Crippen molar-refractivity contribution < 1.29 is 29.6 Å². The number of rotatable bonds is 6. The summed E-state index contributed by atoms with van der Waals surface area (Å²) in [5.74, 6) is -0.805. The van der Waals surface area contributed by atoms with Crippen LogP contribution in [-0.2, 0) is 16.1 Å². The normalized spacial score (nSPS) is 10.5. The van der Waals surface area contributed by atoms with E-state index in [1.54, 1.807) is 0 Å². The van der Waals surface area contributed by atoms with E-state index in [1.807, 2.05) is 51.1 Å². The number of benzene rings is 2. The van der Waals surface area contributed by atoms with E-state index in [4.69, 9.17) is 9.47 Å². The molecule has 0 saturated heterocycles. The van der Waals surface area contributed by atoms with Gasteiger partial charge in [0, 0.05) is 6.42 Å². The minimum absolute atomic E-state index is 0. The van der Waals surface area contributed by atoms with Gasteiger partial charge in [0.2, 0.25) is 0 Å². The lowest BCUT2D eigenvalue weighted by molar-refractivity contribution is -0.135. The van der Waals surface area contributed by atoms with Crippen LogP contribution in [0.2, 0.25) is 0 Å². The Morgan fingerprint density at radius 2 is 1.71 bits per heavy atom. The summed E-state index contributed by atoms with van der Waals surface area (Å²) >= 11 is 0. The van der Waals surface area contributed by atoms with Crippen molar-refractivity contribution in [2.45, 2.75) is 40.2 Å². The largest absolute Gasteiger partial charge is 0.504 e. The third-order valence-corrected chi connectivity index (χ3v) is 3.74. The van der Waals surface area contributed by atoms with Crippen LogP contribution in [0.15, 0.2) is 48.5 Å². The monoisotopic (exact) mass is 389 g/mol. The van der Waals surface area contributed by atoms with Crippen molar-refractivity contribution in [2.24, 2.45) is 5.41 Å². The van der Waals surface area contributed by atoms with Gasteiger partial charge in [0.1, 0.15) is 6.61 Å². The van der Waals surface area contributed by atoms with E-state index in [9.17, 15) is 14.7 Å². The molecule has 7 heteroatoms. The van der Waals surface area contributed by atoms with Crippen LogP contribution in [0.1, 0.15) is 39.2 Å². The van der Waals surface area contributed by atoms with Gasteiger partial charge >= 0.3 is 12.1 Å². The van der Waals surface area contributed by atoms with Gasteiger partial charge in [0.15, 0.2) is 11.5 Å². The molecule has 152 valence electrons. The van der Waals surface area contributed by atoms with E-state index in [2.05, 4.69) is 5.32 Å². The second kappa shape index (κ2) is 10.3. The highest BCUT2D eigenvalue weighted by atomic mass is 16.6. The van der Waals surface area contributed by atoms with Crippen LogP contribution in [0.25, 0.3) is 0 Å². The highest BCUT2D eigenvalue weighted by Gasteiger charge is 2.18. The smallest absolute Gasteiger partial charge is 0.412 e. The molecule has 0 spiro atoms. The van der Waals surface area contributed by atoms with Crippen molar-refractivity contribution in [3.05, 3.63) is 54.1 Å². The molecule has 0 fully saturated rings. The van der Waals surface area contributed by atoms with Crippen LogP contribution >= 0.6 is 0 Å². The summed E-state index contributed by atoms with van der Waals surface area (Å²) in [5, 5.41) is 12.5. The summed E-state index contributed by atoms with van der Waals surface area (Å²) in [6.45, 7) is 6.17. The molecule has 0 radical (unpaired) electrons. The Kier molecular flexibility index (Phi) is 8.47. The molecule has 2 aromatic carbocycles. The first-order chi connectivity index (χ1) is 12.7. The maximum absolute atomic E-state index is 12.1. The van der Waals surface area contributed by atoms with Gasteiger partial charge in [-0.1, -0.05) is 57.2 Å². The highest BCUT2D eigenvalue weighted by Crippen LogP contribution is 2.35. The molecule has 1 amide bonds. The molecule has 2 aromatic rings. The molecule has 0 aliphatic rings. The average molecular weight is 389 g/mol. The predicted molar refractivity (Wildman–Crippen MR) is 106 cm³/mol. The summed E-state index contributed by atoms with van der Waals surface area (Å²) in [6, 6.07) is 13.7. The standard InChI is InChI=1S/C21H25NO5.H2O/c1-21(2,3)13-12-18(24)27-19-16(10-7-11-17(19)23)22-20(25)26-14-15-8-5-4-6-9-15;/h4-11,23H,12-14H2,1-3H3,(H,22,25);1H2. The topological polar surface area (TPSA) is 116 Å². The first-order valence-corrected chi connectivity index (χ1v) is 8.75. The molecule has 0 saturated carbocycles. The van der Waals surface area contributed by atoms with Crippen molar-refractivity contribution in [3.63, 3.8) is 0 Å². The van der Waals surface area contributed by atoms with E-state index >= 15 is 0 Å². The second-order valence-electron chi connectivity index (χ2n) is 7.38. The van der Waals surface area contributed by atoms with Crippen molar-refractivity contribution in [1.29, 1.82) is 0 Å².